The minimum atomic E-state index is -0.645. The third-order valence-corrected chi connectivity index (χ3v) is 8.07. The van der Waals surface area contributed by atoms with Crippen molar-refractivity contribution in [3.05, 3.63) is 11.6 Å². The van der Waals surface area contributed by atoms with Crippen LogP contribution in [0.4, 0.5) is 0 Å². The van der Waals surface area contributed by atoms with E-state index in [2.05, 4.69) is 0 Å². The van der Waals surface area contributed by atoms with Crippen LogP contribution < -0.4 is 0 Å². The van der Waals surface area contributed by atoms with Gasteiger partial charge < -0.3 is 18.9 Å². The van der Waals surface area contributed by atoms with Crippen molar-refractivity contribution in [1.82, 2.24) is 4.90 Å². The number of fused-ring (bicyclic) bond motifs is 4. The van der Waals surface area contributed by atoms with Gasteiger partial charge in [-0.3, -0.25) is 14.5 Å². The van der Waals surface area contributed by atoms with Gasteiger partial charge in [-0.1, -0.05) is 26.2 Å². The van der Waals surface area contributed by atoms with Gasteiger partial charge in [-0.05, 0) is 39.9 Å². The zero-order valence-corrected chi connectivity index (χ0v) is 19.2. The fourth-order valence-electron chi connectivity index (χ4n) is 6.21. The predicted molar refractivity (Wildman–Crippen MR) is 112 cm³/mol. The summed E-state index contributed by atoms with van der Waals surface area (Å²) < 4.78 is 23.7. The molecule has 1 saturated carbocycles. The van der Waals surface area contributed by atoms with Crippen molar-refractivity contribution >= 4 is 17.9 Å². The number of hydrogen-bond acceptors (Lipinski definition) is 8. The van der Waals surface area contributed by atoms with Gasteiger partial charge in [0.25, 0.3) is 0 Å². The van der Waals surface area contributed by atoms with Crippen LogP contribution in [-0.2, 0) is 33.3 Å². The Hall–Kier alpha value is -1.93. The van der Waals surface area contributed by atoms with Crippen molar-refractivity contribution < 1.29 is 33.3 Å². The highest BCUT2D eigenvalue weighted by Crippen LogP contribution is 2.51. The minimum absolute atomic E-state index is 0.106. The van der Waals surface area contributed by atoms with E-state index in [0.29, 0.717) is 12.0 Å². The van der Waals surface area contributed by atoms with E-state index in [4.69, 9.17) is 18.9 Å². The molecule has 3 aliphatic heterocycles. The first-order valence-electron chi connectivity index (χ1n) is 11.9. The second-order valence-corrected chi connectivity index (χ2v) is 10.5. The molecule has 3 fully saturated rings. The van der Waals surface area contributed by atoms with Crippen molar-refractivity contribution in [2.75, 3.05) is 14.1 Å². The van der Waals surface area contributed by atoms with E-state index >= 15 is 0 Å². The number of carbonyl (C=O) groups is 3. The van der Waals surface area contributed by atoms with Crippen molar-refractivity contribution in [3.63, 3.8) is 0 Å². The molecule has 0 amide bonds. The molecule has 32 heavy (non-hydrogen) atoms. The molecule has 5 rings (SSSR count). The predicted octanol–water partition coefficient (Wildman–Crippen LogP) is 2.00. The van der Waals surface area contributed by atoms with Gasteiger partial charge in [-0.15, -0.1) is 0 Å². The van der Waals surface area contributed by atoms with E-state index in [9.17, 15) is 14.4 Å². The SMILES string of the molecule is CC1C(=O)OC2CC3(C)OC3C(OC(=O)C3CCCCC3)C(N(C)C)C3=CC(OC3=O)C21. The lowest BCUT2D eigenvalue weighted by atomic mass is 9.79. The molecule has 0 N–H and O–H groups in total. The highest BCUT2D eigenvalue weighted by molar-refractivity contribution is 5.93. The number of nitrogens with zero attached hydrogens (tertiary/aromatic N) is 1. The van der Waals surface area contributed by atoms with Crippen LogP contribution in [0.3, 0.4) is 0 Å². The first kappa shape index (κ1) is 21.9. The molecule has 0 aromatic rings. The van der Waals surface area contributed by atoms with Crippen LogP contribution >= 0.6 is 0 Å². The summed E-state index contributed by atoms with van der Waals surface area (Å²) >= 11 is 0. The Balaban J connectivity index is 1.50. The second kappa shape index (κ2) is 7.83. The van der Waals surface area contributed by atoms with Gasteiger partial charge in [0.2, 0.25) is 0 Å². The summed E-state index contributed by atoms with van der Waals surface area (Å²) in [6, 6.07) is -0.489. The Bertz CT molecular complexity index is 847. The van der Waals surface area contributed by atoms with E-state index in [-0.39, 0.29) is 35.8 Å². The Morgan fingerprint density at radius 1 is 1.16 bits per heavy atom. The van der Waals surface area contributed by atoms with Crippen LogP contribution in [0, 0.1) is 17.8 Å². The number of esters is 3. The number of epoxide rings is 1. The molecule has 8 nitrogen and oxygen atoms in total. The van der Waals surface area contributed by atoms with Crippen molar-refractivity contribution in [3.8, 4) is 0 Å². The van der Waals surface area contributed by atoms with Gasteiger partial charge >= 0.3 is 17.9 Å². The van der Waals surface area contributed by atoms with Crippen LogP contribution in [0.5, 0.6) is 0 Å². The van der Waals surface area contributed by atoms with Gasteiger partial charge in [0.15, 0.2) is 6.10 Å². The molecular formula is C24H33NO7. The number of hydrogen-bond donors (Lipinski definition) is 0. The van der Waals surface area contributed by atoms with E-state index in [1.807, 2.05) is 38.9 Å². The molecule has 8 unspecified atom stereocenters. The van der Waals surface area contributed by atoms with Gasteiger partial charge in [0.1, 0.15) is 18.3 Å². The molecule has 8 atom stereocenters. The van der Waals surface area contributed by atoms with E-state index < -0.39 is 35.9 Å². The molecule has 5 aliphatic rings. The summed E-state index contributed by atoms with van der Waals surface area (Å²) in [5, 5.41) is 0. The zero-order valence-electron chi connectivity index (χ0n) is 19.2. The average Bonchev–Trinajstić information content (AvgIpc) is 3.14. The maximum absolute atomic E-state index is 13.1. The lowest BCUT2D eigenvalue weighted by Crippen LogP contribution is -2.49. The second-order valence-electron chi connectivity index (χ2n) is 10.5. The number of rotatable bonds is 3. The highest BCUT2D eigenvalue weighted by atomic mass is 16.6. The van der Waals surface area contributed by atoms with E-state index in [1.165, 1.54) is 0 Å². The molecule has 2 bridgehead atoms. The molecule has 8 heteroatoms. The Morgan fingerprint density at radius 3 is 2.56 bits per heavy atom. The molecule has 0 aromatic carbocycles. The highest BCUT2D eigenvalue weighted by Gasteiger charge is 2.65. The minimum Gasteiger partial charge on any atom is -0.462 e. The largest absolute Gasteiger partial charge is 0.462 e. The molecule has 176 valence electrons. The van der Waals surface area contributed by atoms with Crippen LogP contribution in [-0.4, -0.2) is 73.0 Å². The third-order valence-electron chi connectivity index (χ3n) is 8.07. The molecule has 2 saturated heterocycles. The van der Waals surface area contributed by atoms with Crippen LogP contribution in [0.25, 0.3) is 0 Å². The lowest BCUT2D eigenvalue weighted by molar-refractivity contribution is -0.160. The maximum atomic E-state index is 13.1. The number of likely N-dealkylation sites (N-methyl/N-ethyl adjacent to an activating group) is 1. The van der Waals surface area contributed by atoms with Crippen molar-refractivity contribution in [2.45, 2.75) is 88.4 Å². The van der Waals surface area contributed by atoms with Crippen molar-refractivity contribution in [2.24, 2.45) is 17.8 Å². The maximum Gasteiger partial charge on any atom is 0.336 e. The molecule has 2 aliphatic carbocycles. The Labute approximate surface area is 188 Å². The number of carbonyl (C=O) groups excluding carboxylic acids is 3. The molecule has 0 spiro atoms. The molecular weight excluding hydrogens is 414 g/mol. The summed E-state index contributed by atoms with van der Waals surface area (Å²) in [7, 11) is 3.74. The monoisotopic (exact) mass is 447 g/mol. The summed E-state index contributed by atoms with van der Waals surface area (Å²) in [6.07, 6.45) is 5.20. The summed E-state index contributed by atoms with van der Waals surface area (Å²) in [5.74, 6) is -1.64. The first-order valence-corrected chi connectivity index (χ1v) is 11.9. The van der Waals surface area contributed by atoms with Crippen molar-refractivity contribution in [1.29, 1.82) is 0 Å². The van der Waals surface area contributed by atoms with Crippen LogP contribution in [0.2, 0.25) is 0 Å². The lowest BCUT2D eigenvalue weighted by Gasteiger charge is -2.33. The van der Waals surface area contributed by atoms with Crippen LogP contribution in [0.15, 0.2) is 11.6 Å². The van der Waals surface area contributed by atoms with Gasteiger partial charge in [-0.25, -0.2) is 4.79 Å². The fraction of sp³-hybridized carbons (Fsp3) is 0.792. The zero-order chi connectivity index (χ0) is 22.8. The van der Waals surface area contributed by atoms with Gasteiger partial charge in [0, 0.05) is 12.3 Å². The third kappa shape index (κ3) is 3.55. The van der Waals surface area contributed by atoms with E-state index in [1.54, 1.807) is 0 Å². The quantitative estimate of drug-likeness (QED) is 0.368. The standard InChI is InChI=1S/C24H33NO7/c1-12-17-15-10-14(23(28)29-15)18(25(3)4)19(31-22(27)13-8-6-5-7-9-13)20-24(2,32-20)11-16(17)30-21(12)26/h10,12-13,15-20H,5-9,11H2,1-4H3. The number of ether oxygens (including phenoxy) is 4. The molecule has 0 aromatic heterocycles. The first-order chi connectivity index (χ1) is 15.2. The van der Waals surface area contributed by atoms with Gasteiger partial charge in [-0.2, -0.15) is 0 Å². The van der Waals surface area contributed by atoms with Gasteiger partial charge in [0.05, 0.1) is 29.1 Å². The smallest absolute Gasteiger partial charge is 0.336 e. The Kier molecular flexibility index (Phi) is 5.36. The Morgan fingerprint density at radius 2 is 1.88 bits per heavy atom. The van der Waals surface area contributed by atoms with Crippen LogP contribution in [0.1, 0.15) is 52.4 Å². The molecule has 3 heterocycles. The average molecular weight is 448 g/mol. The molecule has 0 radical (unpaired) electrons. The summed E-state index contributed by atoms with van der Waals surface area (Å²) in [6.45, 7) is 3.80. The summed E-state index contributed by atoms with van der Waals surface area (Å²) in [4.78, 5) is 40.4. The fourth-order valence-corrected chi connectivity index (χ4v) is 6.21. The van der Waals surface area contributed by atoms with E-state index in [0.717, 1.165) is 32.1 Å². The normalized spacial score (nSPS) is 43.7. The summed E-state index contributed by atoms with van der Waals surface area (Å²) in [5.41, 5.74) is -0.133. The topological polar surface area (TPSA) is 94.7 Å².